The van der Waals surface area contributed by atoms with Crippen LogP contribution in [0.1, 0.15) is 5.56 Å². The van der Waals surface area contributed by atoms with Crippen LogP contribution in [-0.4, -0.2) is 15.1 Å². The average Bonchev–Trinajstić information content (AvgIpc) is 2.71. The molecule has 0 atom stereocenters. The molecule has 0 spiro atoms. The van der Waals surface area contributed by atoms with E-state index in [1.807, 2.05) is 6.07 Å². The third kappa shape index (κ3) is 1.40. The minimum absolute atomic E-state index is 0.213. The molecule has 0 aliphatic heterocycles. The molecule has 70 valence electrons. The first kappa shape index (κ1) is 8.56. The summed E-state index contributed by atoms with van der Waals surface area (Å²) in [5.41, 5.74) is 1.64. The number of nitrogens with zero attached hydrogens (tertiary/aromatic N) is 1. The number of phenolic OH excluding ortho intramolecular Hbond substituents is 1. The van der Waals surface area contributed by atoms with Crippen molar-refractivity contribution in [3.05, 3.63) is 42.7 Å². The molecule has 0 fully saturated rings. The molecule has 0 saturated carbocycles. The number of benzene rings is 1. The van der Waals surface area contributed by atoms with E-state index in [9.17, 15) is 5.11 Å². The van der Waals surface area contributed by atoms with Crippen molar-refractivity contribution in [2.24, 2.45) is 0 Å². The first-order valence-corrected chi connectivity index (χ1v) is 4.26. The van der Waals surface area contributed by atoms with Crippen LogP contribution in [0.3, 0.4) is 0 Å². The first-order valence-electron chi connectivity index (χ1n) is 4.26. The van der Waals surface area contributed by atoms with Crippen molar-refractivity contribution in [1.29, 1.82) is 0 Å². The van der Waals surface area contributed by atoms with Crippen molar-refractivity contribution in [3.8, 4) is 17.1 Å². The van der Waals surface area contributed by atoms with Crippen LogP contribution in [0.2, 0.25) is 0 Å². The quantitative estimate of drug-likeness (QED) is 0.756. The lowest BCUT2D eigenvalue weighted by Crippen LogP contribution is -1.82. The molecule has 0 amide bonds. The Morgan fingerprint density at radius 2 is 2.29 bits per heavy atom. The Labute approximate surface area is 81.8 Å². The monoisotopic (exact) mass is 186 g/mol. The zero-order chi connectivity index (χ0) is 9.97. The third-order valence-corrected chi connectivity index (χ3v) is 2.01. The fourth-order valence-corrected chi connectivity index (χ4v) is 1.28. The van der Waals surface area contributed by atoms with Crippen LogP contribution in [0.4, 0.5) is 0 Å². The van der Waals surface area contributed by atoms with Crippen molar-refractivity contribution < 1.29 is 5.11 Å². The molecule has 0 radical (unpaired) electrons. The molecule has 0 unspecified atom stereocenters. The van der Waals surface area contributed by atoms with Crippen LogP contribution in [0.15, 0.2) is 37.2 Å². The molecule has 3 heteroatoms. The van der Waals surface area contributed by atoms with Gasteiger partial charge in [0.2, 0.25) is 0 Å². The molecule has 3 nitrogen and oxygen atoms in total. The summed E-state index contributed by atoms with van der Waals surface area (Å²) in [6.45, 7) is 3.67. The molecule has 2 N–H and O–H groups in total. The third-order valence-electron chi connectivity index (χ3n) is 2.01. The summed E-state index contributed by atoms with van der Waals surface area (Å²) in [5, 5.41) is 9.61. The minimum atomic E-state index is 0.213. The summed E-state index contributed by atoms with van der Waals surface area (Å²) >= 11 is 0. The second-order valence-corrected chi connectivity index (χ2v) is 2.92. The smallest absolute Gasteiger partial charge is 0.141 e. The lowest BCUT2D eigenvalue weighted by atomic mass is 10.1. The summed E-state index contributed by atoms with van der Waals surface area (Å²) in [4.78, 5) is 7.01. The van der Waals surface area contributed by atoms with Gasteiger partial charge in [0, 0.05) is 12.4 Å². The molecule has 0 aliphatic rings. The minimum Gasteiger partial charge on any atom is -0.507 e. The number of imidazole rings is 1. The van der Waals surface area contributed by atoms with Crippen molar-refractivity contribution in [2.75, 3.05) is 0 Å². The first-order chi connectivity index (χ1) is 6.81. The van der Waals surface area contributed by atoms with Crippen LogP contribution in [0.25, 0.3) is 17.5 Å². The number of hydrogen-bond donors (Lipinski definition) is 2. The standard InChI is InChI=1S/C11H10N2O/c1-2-8-3-4-10(14)9(7-8)11-12-5-6-13-11/h2-7,14H,1H2,(H,12,13). The molecular weight excluding hydrogens is 176 g/mol. The van der Waals surface area contributed by atoms with Gasteiger partial charge in [0.15, 0.2) is 0 Å². The SMILES string of the molecule is C=Cc1ccc(O)c(-c2ncc[nH]2)c1. The van der Waals surface area contributed by atoms with Crippen molar-refractivity contribution in [1.82, 2.24) is 9.97 Å². The fraction of sp³-hybridized carbons (Fsp3) is 0. The fourth-order valence-electron chi connectivity index (χ4n) is 1.28. The van der Waals surface area contributed by atoms with Gasteiger partial charge in [-0.25, -0.2) is 4.98 Å². The van der Waals surface area contributed by atoms with Gasteiger partial charge >= 0.3 is 0 Å². The van der Waals surface area contributed by atoms with Gasteiger partial charge in [-0.2, -0.15) is 0 Å². The number of hydrogen-bond acceptors (Lipinski definition) is 2. The van der Waals surface area contributed by atoms with Crippen LogP contribution in [0.5, 0.6) is 5.75 Å². The highest BCUT2D eigenvalue weighted by Gasteiger charge is 2.05. The van der Waals surface area contributed by atoms with Gasteiger partial charge in [-0.05, 0) is 17.7 Å². The maximum Gasteiger partial charge on any atom is 0.141 e. The number of aromatic amines is 1. The van der Waals surface area contributed by atoms with E-state index in [-0.39, 0.29) is 5.75 Å². The number of nitrogens with one attached hydrogen (secondary N) is 1. The maximum atomic E-state index is 9.61. The Kier molecular flexibility index (Phi) is 2.07. The van der Waals surface area contributed by atoms with Crippen LogP contribution < -0.4 is 0 Å². The zero-order valence-electron chi connectivity index (χ0n) is 7.57. The zero-order valence-corrected chi connectivity index (χ0v) is 7.57. The summed E-state index contributed by atoms with van der Waals surface area (Å²) in [6, 6.07) is 5.27. The van der Waals surface area contributed by atoms with Crippen molar-refractivity contribution >= 4 is 6.08 Å². The van der Waals surface area contributed by atoms with Gasteiger partial charge in [-0.1, -0.05) is 18.7 Å². The van der Waals surface area contributed by atoms with Gasteiger partial charge in [-0.3, -0.25) is 0 Å². The summed E-state index contributed by atoms with van der Waals surface area (Å²) < 4.78 is 0. The van der Waals surface area contributed by atoms with E-state index in [1.54, 1.807) is 30.6 Å². The van der Waals surface area contributed by atoms with Gasteiger partial charge in [-0.15, -0.1) is 0 Å². The lowest BCUT2D eigenvalue weighted by Gasteiger charge is -2.02. The summed E-state index contributed by atoms with van der Waals surface area (Å²) in [6.07, 6.45) is 5.09. The van der Waals surface area contributed by atoms with Crippen LogP contribution >= 0.6 is 0 Å². The molecule has 1 aromatic carbocycles. The maximum absolute atomic E-state index is 9.61. The average molecular weight is 186 g/mol. The van der Waals surface area contributed by atoms with Crippen molar-refractivity contribution in [3.63, 3.8) is 0 Å². The Morgan fingerprint density at radius 1 is 1.43 bits per heavy atom. The van der Waals surface area contributed by atoms with E-state index in [2.05, 4.69) is 16.5 Å². The number of H-pyrrole nitrogens is 1. The number of phenols is 1. The number of rotatable bonds is 2. The Bertz CT molecular complexity index is 446. The Hall–Kier alpha value is -2.03. The molecule has 0 bridgehead atoms. The van der Waals surface area contributed by atoms with E-state index < -0.39 is 0 Å². The van der Waals surface area contributed by atoms with E-state index in [4.69, 9.17) is 0 Å². The highest BCUT2D eigenvalue weighted by Crippen LogP contribution is 2.27. The van der Waals surface area contributed by atoms with Crippen LogP contribution in [0, 0.1) is 0 Å². The second-order valence-electron chi connectivity index (χ2n) is 2.92. The molecule has 0 saturated heterocycles. The molecule has 14 heavy (non-hydrogen) atoms. The molecule has 1 heterocycles. The van der Waals surface area contributed by atoms with Gasteiger partial charge in [0.05, 0.1) is 5.56 Å². The Morgan fingerprint density at radius 3 is 2.93 bits per heavy atom. The van der Waals surface area contributed by atoms with E-state index >= 15 is 0 Å². The van der Waals surface area contributed by atoms with Gasteiger partial charge < -0.3 is 10.1 Å². The molecule has 2 rings (SSSR count). The molecular formula is C11H10N2O. The summed E-state index contributed by atoms with van der Waals surface area (Å²) in [5.74, 6) is 0.872. The van der Waals surface area contributed by atoms with Gasteiger partial charge in [0.25, 0.3) is 0 Å². The summed E-state index contributed by atoms with van der Waals surface area (Å²) in [7, 11) is 0. The Balaban J connectivity index is 2.57. The molecule has 0 aliphatic carbocycles. The predicted octanol–water partition coefficient (Wildman–Crippen LogP) is 2.43. The topological polar surface area (TPSA) is 48.9 Å². The van der Waals surface area contributed by atoms with E-state index in [0.29, 0.717) is 11.4 Å². The molecule has 1 aromatic heterocycles. The van der Waals surface area contributed by atoms with Crippen LogP contribution in [-0.2, 0) is 0 Å². The van der Waals surface area contributed by atoms with Crippen molar-refractivity contribution in [2.45, 2.75) is 0 Å². The normalized spacial score (nSPS) is 10.0. The largest absolute Gasteiger partial charge is 0.507 e. The highest BCUT2D eigenvalue weighted by atomic mass is 16.3. The number of aromatic nitrogens is 2. The van der Waals surface area contributed by atoms with Gasteiger partial charge in [0.1, 0.15) is 11.6 Å². The second kappa shape index (κ2) is 3.38. The number of aromatic hydroxyl groups is 1. The molecule has 2 aromatic rings. The lowest BCUT2D eigenvalue weighted by molar-refractivity contribution is 0.477. The predicted molar refractivity (Wildman–Crippen MR) is 55.8 cm³/mol. The highest BCUT2D eigenvalue weighted by molar-refractivity contribution is 5.68. The van der Waals surface area contributed by atoms with E-state index in [0.717, 1.165) is 5.56 Å². The van der Waals surface area contributed by atoms with E-state index in [1.165, 1.54) is 0 Å².